The van der Waals surface area contributed by atoms with E-state index in [1.54, 1.807) is 11.6 Å². The summed E-state index contributed by atoms with van der Waals surface area (Å²) in [4.78, 5) is 43.8. The molecule has 0 aliphatic carbocycles. The standard InChI is InChI=1S/C22H30N4O3/c1-4-25(5-2)21(28)16-24-11-8-12-26(14-13-24)22(29)18-15-20(27)23(3)19-10-7-6-9-17(18)19/h6-7,9-10,15H,4-5,8,11-14,16H2,1-3H3. The molecule has 1 aromatic heterocycles. The molecule has 0 atom stereocenters. The van der Waals surface area contributed by atoms with Gasteiger partial charge in [0, 0.05) is 57.8 Å². The third-order valence-electron chi connectivity index (χ3n) is 5.74. The zero-order chi connectivity index (χ0) is 21.0. The van der Waals surface area contributed by atoms with Crippen molar-refractivity contribution in [3.8, 4) is 0 Å². The molecule has 2 aromatic rings. The van der Waals surface area contributed by atoms with E-state index >= 15 is 0 Å². The molecule has 1 aliphatic rings. The fourth-order valence-electron chi connectivity index (χ4n) is 3.96. The van der Waals surface area contributed by atoms with Gasteiger partial charge in [-0.15, -0.1) is 0 Å². The highest BCUT2D eigenvalue weighted by molar-refractivity contribution is 6.06. The Labute approximate surface area is 171 Å². The molecular formula is C22H30N4O3. The van der Waals surface area contributed by atoms with Gasteiger partial charge < -0.3 is 14.4 Å². The molecule has 0 spiro atoms. The average molecular weight is 399 g/mol. The lowest BCUT2D eigenvalue weighted by Gasteiger charge is -2.25. The minimum absolute atomic E-state index is 0.115. The Morgan fingerprint density at radius 3 is 2.48 bits per heavy atom. The SMILES string of the molecule is CCN(CC)C(=O)CN1CCCN(C(=O)c2cc(=O)n(C)c3ccccc23)CC1. The lowest BCUT2D eigenvalue weighted by molar-refractivity contribution is -0.132. The Kier molecular flexibility index (Phi) is 6.69. The van der Waals surface area contributed by atoms with Crippen molar-refractivity contribution < 1.29 is 9.59 Å². The summed E-state index contributed by atoms with van der Waals surface area (Å²) in [6.45, 7) is 8.39. The molecule has 2 amide bonds. The smallest absolute Gasteiger partial charge is 0.254 e. The number of fused-ring (bicyclic) bond motifs is 1. The maximum Gasteiger partial charge on any atom is 0.254 e. The van der Waals surface area contributed by atoms with Gasteiger partial charge in [-0.25, -0.2) is 0 Å². The number of para-hydroxylation sites is 1. The number of hydrogen-bond acceptors (Lipinski definition) is 4. The molecule has 7 nitrogen and oxygen atoms in total. The van der Waals surface area contributed by atoms with Gasteiger partial charge in [-0.2, -0.15) is 0 Å². The summed E-state index contributed by atoms with van der Waals surface area (Å²) in [6.07, 6.45) is 0.806. The number of carbonyl (C=O) groups excluding carboxylic acids is 2. The predicted molar refractivity (Wildman–Crippen MR) is 114 cm³/mol. The van der Waals surface area contributed by atoms with Crippen molar-refractivity contribution in [1.82, 2.24) is 19.3 Å². The van der Waals surface area contributed by atoms with Crippen LogP contribution in [0.4, 0.5) is 0 Å². The van der Waals surface area contributed by atoms with E-state index in [4.69, 9.17) is 0 Å². The first kappa shape index (κ1) is 21.0. The van der Waals surface area contributed by atoms with Gasteiger partial charge in [0.2, 0.25) is 5.91 Å². The molecular weight excluding hydrogens is 368 g/mol. The Morgan fingerprint density at radius 1 is 1.03 bits per heavy atom. The van der Waals surface area contributed by atoms with Gasteiger partial charge in [-0.05, 0) is 26.3 Å². The van der Waals surface area contributed by atoms with E-state index in [0.29, 0.717) is 44.8 Å². The van der Waals surface area contributed by atoms with Crippen molar-refractivity contribution in [1.29, 1.82) is 0 Å². The molecule has 0 unspecified atom stereocenters. The highest BCUT2D eigenvalue weighted by Crippen LogP contribution is 2.19. The van der Waals surface area contributed by atoms with E-state index < -0.39 is 0 Å². The van der Waals surface area contributed by atoms with Gasteiger partial charge in [0.25, 0.3) is 11.5 Å². The zero-order valence-corrected chi connectivity index (χ0v) is 17.6. The summed E-state index contributed by atoms with van der Waals surface area (Å²) in [5.41, 5.74) is 1.02. The normalized spacial score (nSPS) is 15.3. The fourth-order valence-corrected chi connectivity index (χ4v) is 3.96. The van der Waals surface area contributed by atoms with E-state index in [1.165, 1.54) is 6.07 Å². The Morgan fingerprint density at radius 2 is 1.76 bits per heavy atom. The lowest BCUT2D eigenvalue weighted by Crippen LogP contribution is -2.42. The second-order valence-electron chi connectivity index (χ2n) is 7.46. The Balaban J connectivity index is 1.75. The topological polar surface area (TPSA) is 65.9 Å². The maximum absolute atomic E-state index is 13.2. The predicted octanol–water partition coefficient (Wildman–Crippen LogP) is 1.55. The van der Waals surface area contributed by atoms with Crippen LogP contribution in [0.1, 0.15) is 30.6 Å². The van der Waals surface area contributed by atoms with Crippen LogP contribution < -0.4 is 5.56 Å². The molecule has 0 N–H and O–H groups in total. The van der Waals surface area contributed by atoms with Gasteiger partial charge in [0.1, 0.15) is 0 Å². The second kappa shape index (κ2) is 9.22. The van der Waals surface area contributed by atoms with E-state index in [9.17, 15) is 14.4 Å². The monoisotopic (exact) mass is 398 g/mol. The van der Waals surface area contributed by atoms with E-state index in [2.05, 4.69) is 4.90 Å². The summed E-state index contributed by atoms with van der Waals surface area (Å²) in [5.74, 6) is 0.0168. The minimum atomic E-state index is -0.187. The molecule has 0 bridgehead atoms. The first-order valence-corrected chi connectivity index (χ1v) is 10.3. The molecule has 29 heavy (non-hydrogen) atoms. The van der Waals surface area contributed by atoms with Gasteiger partial charge in [-0.1, -0.05) is 18.2 Å². The Bertz CT molecular complexity index is 949. The number of carbonyl (C=O) groups is 2. The Hall–Kier alpha value is -2.67. The third kappa shape index (κ3) is 4.50. The van der Waals surface area contributed by atoms with E-state index in [1.807, 2.05) is 47.9 Å². The van der Waals surface area contributed by atoms with Crippen molar-refractivity contribution >= 4 is 22.7 Å². The number of pyridine rings is 1. The lowest BCUT2D eigenvalue weighted by atomic mass is 10.1. The van der Waals surface area contributed by atoms with Gasteiger partial charge in [-0.3, -0.25) is 19.3 Å². The van der Waals surface area contributed by atoms with Crippen LogP contribution in [0.25, 0.3) is 10.9 Å². The number of hydrogen-bond donors (Lipinski definition) is 0. The quantitative estimate of drug-likeness (QED) is 0.767. The molecule has 1 fully saturated rings. The average Bonchev–Trinajstić information content (AvgIpc) is 2.96. The van der Waals surface area contributed by atoms with Gasteiger partial charge in [0.05, 0.1) is 17.6 Å². The third-order valence-corrected chi connectivity index (χ3v) is 5.74. The number of amides is 2. The van der Waals surface area contributed by atoms with Crippen LogP contribution >= 0.6 is 0 Å². The molecule has 7 heteroatoms. The number of aryl methyl sites for hydroxylation is 1. The minimum Gasteiger partial charge on any atom is -0.342 e. The summed E-state index contributed by atoms with van der Waals surface area (Å²) < 4.78 is 1.56. The number of nitrogens with zero attached hydrogens (tertiary/aromatic N) is 4. The summed E-state index contributed by atoms with van der Waals surface area (Å²) in [6, 6.07) is 8.93. The van der Waals surface area contributed by atoms with Gasteiger partial charge in [0.15, 0.2) is 0 Å². The molecule has 1 aliphatic heterocycles. The number of rotatable bonds is 5. The van der Waals surface area contributed by atoms with E-state index in [-0.39, 0.29) is 17.4 Å². The summed E-state index contributed by atoms with van der Waals surface area (Å²) in [5, 5.41) is 0.789. The van der Waals surface area contributed by atoms with Crippen molar-refractivity contribution in [3.63, 3.8) is 0 Å². The molecule has 0 saturated carbocycles. The highest BCUT2D eigenvalue weighted by atomic mass is 16.2. The largest absolute Gasteiger partial charge is 0.342 e. The first-order valence-electron chi connectivity index (χ1n) is 10.3. The van der Waals surface area contributed by atoms with Gasteiger partial charge >= 0.3 is 0 Å². The summed E-state index contributed by atoms with van der Waals surface area (Å²) >= 11 is 0. The first-order chi connectivity index (χ1) is 14.0. The molecule has 3 rings (SSSR count). The van der Waals surface area contributed by atoms with Crippen molar-refractivity contribution in [2.75, 3.05) is 45.8 Å². The fraction of sp³-hybridized carbons (Fsp3) is 0.500. The maximum atomic E-state index is 13.2. The van der Waals surface area contributed by atoms with Crippen molar-refractivity contribution in [2.24, 2.45) is 7.05 Å². The van der Waals surface area contributed by atoms with Crippen LogP contribution in [0.3, 0.4) is 0 Å². The molecule has 156 valence electrons. The van der Waals surface area contributed by atoms with Crippen LogP contribution in [0, 0.1) is 0 Å². The number of likely N-dealkylation sites (N-methyl/N-ethyl adjacent to an activating group) is 1. The summed E-state index contributed by atoms with van der Waals surface area (Å²) in [7, 11) is 1.72. The zero-order valence-electron chi connectivity index (χ0n) is 17.6. The van der Waals surface area contributed by atoms with Crippen LogP contribution in [0.15, 0.2) is 35.1 Å². The molecule has 1 saturated heterocycles. The van der Waals surface area contributed by atoms with Crippen LogP contribution in [-0.2, 0) is 11.8 Å². The van der Waals surface area contributed by atoms with Crippen LogP contribution in [-0.4, -0.2) is 76.9 Å². The molecule has 2 heterocycles. The van der Waals surface area contributed by atoms with Crippen molar-refractivity contribution in [3.05, 3.63) is 46.2 Å². The molecule has 1 aromatic carbocycles. The van der Waals surface area contributed by atoms with Crippen LogP contribution in [0.5, 0.6) is 0 Å². The molecule has 0 radical (unpaired) electrons. The van der Waals surface area contributed by atoms with E-state index in [0.717, 1.165) is 23.9 Å². The number of benzene rings is 1. The van der Waals surface area contributed by atoms with Crippen molar-refractivity contribution in [2.45, 2.75) is 20.3 Å². The highest BCUT2D eigenvalue weighted by Gasteiger charge is 2.24. The van der Waals surface area contributed by atoms with Crippen LogP contribution in [0.2, 0.25) is 0 Å². The second-order valence-corrected chi connectivity index (χ2v) is 7.46. The number of aromatic nitrogens is 1.